The highest BCUT2D eigenvalue weighted by molar-refractivity contribution is 4.92. The summed E-state index contributed by atoms with van der Waals surface area (Å²) in [5.74, 6) is 0.763. The molecule has 0 N–H and O–H groups in total. The number of methoxy groups -OCH3 is 1. The van der Waals surface area contributed by atoms with Gasteiger partial charge >= 0.3 is 0 Å². The maximum Gasteiger partial charge on any atom is 0.0571 e. The first-order chi connectivity index (χ1) is 5.36. The molecule has 0 aromatic carbocycles. The molecule has 0 aromatic heterocycles. The van der Waals surface area contributed by atoms with Gasteiger partial charge in [0.25, 0.3) is 0 Å². The Labute approximate surface area is 69.4 Å². The van der Waals surface area contributed by atoms with Gasteiger partial charge in [-0.2, -0.15) is 0 Å². The van der Waals surface area contributed by atoms with Gasteiger partial charge in [-0.1, -0.05) is 12.2 Å². The van der Waals surface area contributed by atoms with Crippen LogP contribution >= 0.6 is 0 Å². The van der Waals surface area contributed by atoms with Crippen molar-refractivity contribution in [1.29, 1.82) is 0 Å². The molecule has 1 fully saturated rings. The Morgan fingerprint density at radius 1 is 1.27 bits per heavy atom. The molecule has 0 aromatic rings. The summed E-state index contributed by atoms with van der Waals surface area (Å²) >= 11 is 0. The third-order valence-electron chi connectivity index (χ3n) is 2.46. The van der Waals surface area contributed by atoms with Crippen molar-refractivity contribution in [2.24, 2.45) is 5.92 Å². The van der Waals surface area contributed by atoms with Gasteiger partial charge in [0, 0.05) is 7.11 Å². The molecule has 0 amide bonds. The van der Waals surface area contributed by atoms with Gasteiger partial charge in [-0.15, -0.1) is 0 Å². The number of rotatable bonds is 2. The summed E-state index contributed by atoms with van der Waals surface area (Å²) < 4.78 is 5.28. The van der Waals surface area contributed by atoms with Gasteiger partial charge in [0.2, 0.25) is 0 Å². The minimum Gasteiger partial charge on any atom is -0.381 e. The molecule has 1 radical (unpaired) electrons. The van der Waals surface area contributed by atoms with Crippen LogP contribution in [0, 0.1) is 12.8 Å². The Morgan fingerprint density at radius 2 is 1.91 bits per heavy atom. The number of ether oxygens (including phenoxy) is 1. The lowest BCUT2D eigenvalue weighted by atomic mass is 9.87. The van der Waals surface area contributed by atoms with Crippen LogP contribution in [0.1, 0.15) is 25.7 Å². The molecule has 1 aliphatic rings. The molecule has 0 atom stereocenters. The second-order valence-corrected chi connectivity index (χ2v) is 3.20. The van der Waals surface area contributed by atoms with Gasteiger partial charge in [-0.25, -0.2) is 0 Å². The summed E-state index contributed by atoms with van der Waals surface area (Å²) in [5, 5.41) is 0. The molecule has 0 saturated heterocycles. The monoisotopic (exact) mass is 153 g/mol. The van der Waals surface area contributed by atoms with Crippen molar-refractivity contribution in [2.75, 3.05) is 7.11 Å². The predicted molar refractivity (Wildman–Crippen MR) is 47.3 cm³/mol. The number of hydrogen-bond acceptors (Lipinski definition) is 1. The van der Waals surface area contributed by atoms with Crippen molar-refractivity contribution in [3.63, 3.8) is 0 Å². The first kappa shape index (κ1) is 8.79. The highest BCUT2D eigenvalue weighted by Crippen LogP contribution is 2.26. The Morgan fingerprint density at radius 3 is 2.36 bits per heavy atom. The largest absolute Gasteiger partial charge is 0.381 e. The van der Waals surface area contributed by atoms with Crippen LogP contribution in [0.4, 0.5) is 0 Å². The summed E-state index contributed by atoms with van der Waals surface area (Å²) in [5.41, 5.74) is 0. The minimum atomic E-state index is 0.518. The summed E-state index contributed by atoms with van der Waals surface area (Å²) in [7, 11) is 1.81. The van der Waals surface area contributed by atoms with Crippen molar-refractivity contribution in [3.05, 3.63) is 19.1 Å². The van der Waals surface area contributed by atoms with Crippen LogP contribution in [0.15, 0.2) is 12.2 Å². The summed E-state index contributed by atoms with van der Waals surface area (Å²) in [6.45, 7) is 3.71. The lowest BCUT2D eigenvalue weighted by Gasteiger charge is -2.25. The molecule has 0 spiro atoms. The van der Waals surface area contributed by atoms with Crippen LogP contribution < -0.4 is 0 Å². The van der Waals surface area contributed by atoms with Gasteiger partial charge in [0.05, 0.1) is 6.10 Å². The van der Waals surface area contributed by atoms with Crippen LogP contribution in [0.3, 0.4) is 0 Å². The number of allylic oxidation sites excluding steroid dienone is 2. The first-order valence-electron chi connectivity index (χ1n) is 4.35. The van der Waals surface area contributed by atoms with Crippen LogP contribution in [0.25, 0.3) is 0 Å². The van der Waals surface area contributed by atoms with Crippen LogP contribution in [0.5, 0.6) is 0 Å². The maximum absolute atomic E-state index is 5.28. The zero-order valence-corrected chi connectivity index (χ0v) is 7.25. The smallest absolute Gasteiger partial charge is 0.0571 e. The highest BCUT2D eigenvalue weighted by atomic mass is 16.5. The highest BCUT2D eigenvalue weighted by Gasteiger charge is 2.18. The van der Waals surface area contributed by atoms with Gasteiger partial charge < -0.3 is 4.74 Å². The van der Waals surface area contributed by atoms with E-state index in [2.05, 4.69) is 13.0 Å². The van der Waals surface area contributed by atoms with Gasteiger partial charge in [-0.05, 0) is 38.5 Å². The van der Waals surface area contributed by atoms with Crippen molar-refractivity contribution < 1.29 is 4.74 Å². The molecule has 0 bridgehead atoms. The standard InChI is InChI=1S/C10H17O/c1-3-4-9-5-7-10(11-2)8-6-9/h3-4,9-10H,1,5-8H2,2H3. The third kappa shape index (κ3) is 2.66. The van der Waals surface area contributed by atoms with E-state index in [1.54, 1.807) is 0 Å². The zero-order valence-electron chi connectivity index (χ0n) is 7.25. The van der Waals surface area contributed by atoms with E-state index in [-0.39, 0.29) is 0 Å². The zero-order chi connectivity index (χ0) is 8.10. The predicted octanol–water partition coefficient (Wildman–Crippen LogP) is 2.58. The second-order valence-electron chi connectivity index (χ2n) is 3.20. The molecule has 11 heavy (non-hydrogen) atoms. The molecule has 0 aliphatic heterocycles. The van der Waals surface area contributed by atoms with Crippen molar-refractivity contribution in [1.82, 2.24) is 0 Å². The van der Waals surface area contributed by atoms with Crippen molar-refractivity contribution >= 4 is 0 Å². The average molecular weight is 153 g/mol. The van der Waals surface area contributed by atoms with E-state index in [1.807, 2.05) is 13.2 Å². The van der Waals surface area contributed by atoms with E-state index >= 15 is 0 Å². The summed E-state index contributed by atoms with van der Waals surface area (Å²) in [6.07, 6.45) is 9.61. The van der Waals surface area contributed by atoms with Crippen molar-refractivity contribution in [3.8, 4) is 0 Å². The molecule has 1 rings (SSSR count). The lowest BCUT2D eigenvalue weighted by Crippen LogP contribution is -2.19. The molecular formula is C10H17O. The van der Waals surface area contributed by atoms with Gasteiger partial charge in [0.1, 0.15) is 0 Å². The first-order valence-corrected chi connectivity index (χ1v) is 4.35. The Kier molecular flexibility index (Phi) is 3.64. The molecular weight excluding hydrogens is 136 g/mol. The summed E-state index contributed by atoms with van der Waals surface area (Å²) in [4.78, 5) is 0. The minimum absolute atomic E-state index is 0.518. The fourth-order valence-corrected chi connectivity index (χ4v) is 1.71. The SMILES string of the molecule is [CH2]C=CC1CCC(OC)CC1. The fraction of sp³-hybridized carbons (Fsp3) is 0.700. The van der Waals surface area contributed by atoms with Crippen LogP contribution in [-0.2, 0) is 4.74 Å². The molecule has 63 valence electrons. The molecule has 0 heterocycles. The molecule has 1 aliphatic carbocycles. The Balaban J connectivity index is 2.24. The Bertz CT molecular complexity index is 121. The van der Waals surface area contributed by atoms with E-state index in [4.69, 9.17) is 4.74 Å². The van der Waals surface area contributed by atoms with E-state index in [0.717, 1.165) is 5.92 Å². The topological polar surface area (TPSA) is 9.23 Å². The Hall–Kier alpha value is -0.300. The van der Waals surface area contributed by atoms with Crippen molar-refractivity contribution in [2.45, 2.75) is 31.8 Å². The van der Waals surface area contributed by atoms with Gasteiger partial charge in [0.15, 0.2) is 0 Å². The quantitative estimate of drug-likeness (QED) is 0.592. The molecule has 1 nitrogen and oxygen atoms in total. The third-order valence-corrected chi connectivity index (χ3v) is 2.46. The summed E-state index contributed by atoms with van der Waals surface area (Å²) in [6, 6.07) is 0. The van der Waals surface area contributed by atoms with E-state index in [9.17, 15) is 0 Å². The number of hydrogen-bond donors (Lipinski definition) is 0. The normalized spacial score (nSPS) is 32.9. The van der Waals surface area contributed by atoms with Gasteiger partial charge in [-0.3, -0.25) is 0 Å². The molecule has 0 unspecified atom stereocenters. The van der Waals surface area contributed by atoms with E-state index < -0.39 is 0 Å². The molecule has 1 saturated carbocycles. The van der Waals surface area contributed by atoms with Crippen LogP contribution in [-0.4, -0.2) is 13.2 Å². The van der Waals surface area contributed by atoms with Crippen LogP contribution in [0.2, 0.25) is 0 Å². The fourth-order valence-electron chi connectivity index (χ4n) is 1.71. The van der Waals surface area contributed by atoms with E-state index in [1.165, 1.54) is 25.7 Å². The lowest BCUT2D eigenvalue weighted by molar-refractivity contribution is 0.0627. The van der Waals surface area contributed by atoms with E-state index in [0.29, 0.717) is 6.10 Å². The average Bonchev–Trinajstić information content (AvgIpc) is 2.07. The maximum atomic E-state index is 5.28. The molecule has 1 heteroatoms. The second kappa shape index (κ2) is 4.55.